The predicted molar refractivity (Wildman–Crippen MR) is 55.5 cm³/mol. The van der Waals surface area contributed by atoms with Crippen molar-refractivity contribution in [3.8, 4) is 0 Å². The molecule has 2 aliphatic heterocycles. The monoisotopic (exact) mass is 376 g/mol. The van der Waals surface area contributed by atoms with Crippen LogP contribution in [0.5, 0.6) is 0 Å². The Kier molecular flexibility index (Phi) is 2.63. The summed E-state index contributed by atoms with van der Waals surface area (Å²) in [6, 6.07) is 9.15. The fourth-order valence-electron chi connectivity index (χ4n) is 1.68. The van der Waals surface area contributed by atoms with Crippen molar-refractivity contribution < 1.29 is 20.1 Å². The molecule has 2 heterocycles. The van der Waals surface area contributed by atoms with E-state index in [1.165, 1.54) is 0 Å². The summed E-state index contributed by atoms with van der Waals surface area (Å²) < 4.78 is 0. The molecule has 0 spiro atoms. The molecular weight excluding hydrogens is 366 g/mol. The van der Waals surface area contributed by atoms with Gasteiger partial charge >= 0.3 is 0 Å². The average Bonchev–Trinajstić information content (AvgIpc) is 2.59. The van der Waals surface area contributed by atoms with Crippen LogP contribution in [0.4, 0.5) is 5.69 Å². The number of benzene rings is 1. The minimum Gasteiger partial charge on any atom is -0.508 e. The van der Waals surface area contributed by atoms with Crippen LogP contribution in [-0.2, 0) is 20.1 Å². The van der Waals surface area contributed by atoms with E-state index in [4.69, 9.17) is 0 Å². The van der Waals surface area contributed by atoms with E-state index < -0.39 is 0 Å². The Morgan fingerprint density at radius 2 is 2.33 bits per heavy atom. The van der Waals surface area contributed by atoms with Crippen molar-refractivity contribution in [2.75, 3.05) is 11.9 Å². The minimum absolute atomic E-state index is 0. The molecule has 0 unspecified atom stereocenters. The zero-order valence-corrected chi connectivity index (χ0v) is 10.5. The molecule has 0 aliphatic carbocycles. The summed E-state index contributed by atoms with van der Waals surface area (Å²) in [4.78, 5) is 8.38. The summed E-state index contributed by atoms with van der Waals surface area (Å²) in [6.45, 7) is 2.00. The van der Waals surface area contributed by atoms with Crippen LogP contribution in [0, 0.1) is 12.7 Å². The van der Waals surface area contributed by atoms with Crippen molar-refractivity contribution in [1.29, 1.82) is 0 Å². The van der Waals surface area contributed by atoms with E-state index in [-0.39, 0.29) is 20.1 Å². The molecule has 79 valence electrons. The topological polar surface area (TPSA) is 18.8 Å². The summed E-state index contributed by atoms with van der Waals surface area (Å²) in [7, 11) is 1.99. The number of fused-ring (bicyclic) bond motifs is 3. The largest absolute Gasteiger partial charge is 0.508 e. The van der Waals surface area contributed by atoms with Gasteiger partial charge in [-0.25, -0.2) is 0 Å². The van der Waals surface area contributed by atoms with Gasteiger partial charge in [0.2, 0.25) is 0 Å². The molecule has 15 heavy (non-hydrogen) atoms. The van der Waals surface area contributed by atoms with Gasteiger partial charge in [-0.3, -0.25) is 4.99 Å². The van der Waals surface area contributed by atoms with Gasteiger partial charge in [-0.1, -0.05) is 11.3 Å². The Bertz CT molecular complexity index is 439. The first-order valence-electron chi connectivity index (χ1n) is 4.47. The van der Waals surface area contributed by atoms with Crippen LogP contribution in [0.1, 0.15) is 5.56 Å². The summed E-state index contributed by atoms with van der Waals surface area (Å²) in [5.41, 5.74) is 2.18. The molecular formula is C11H9IrN3-2. The van der Waals surface area contributed by atoms with Crippen LogP contribution in [0.2, 0.25) is 0 Å². The standard InChI is InChI=1S/C11H9N3.Ir/c1-13-7-11-12-6-9-4-2-3-5-10(9)14(11)8-13;/h2-4,6-8H,1H3;/q-2;. The van der Waals surface area contributed by atoms with E-state index in [1.807, 2.05) is 54.1 Å². The summed E-state index contributed by atoms with van der Waals surface area (Å²) >= 11 is 0. The summed E-state index contributed by atoms with van der Waals surface area (Å²) in [5.74, 6) is 0.947. The van der Waals surface area contributed by atoms with Crippen molar-refractivity contribution >= 4 is 11.9 Å². The SMILES string of the molecule is CN1C=C2N=Cc3ccc[c-]c3N2[CH-]1.[Ir]. The fraction of sp³-hybridized carbons (Fsp3) is 0.0909. The van der Waals surface area contributed by atoms with Crippen LogP contribution in [0.15, 0.2) is 35.2 Å². The zero-order valence-electron chi connectivity index (χ0n) is 8.14. The number of hydrogen-bond acceptors (Lipinski definition) is 3. The fourth-order valence-corrected chi connectivity index (χ4v) is 1.68. The molecule has 0 saturated heterocycles. The van der Waals surface area contributed by atoms with E-state index in [9.17, 15) is 0 Å². The second-order valence-electron chi connectivity index (χ2n) is 3.37. The van der Waals surface area contributed by atoms with Gasteiger partial charge < -0.3 is 9.80 Å². The molecule has 1 aromatic rings. The number of anilines is 1. The Labute approximate surface area is 102 Å². The first-order chi connectivity index (χ1) is 6.84. The average molecular weight is 375 g/mol. The van der Waals surface area contributed by atoms with Crippen molar-refractivity contribution in [3.63, 3.8) is 0 Å². The number of nitrogens with zero attached hydrogens (tertiary/aromatic N) is 3. The maximum Gasteiger partial charge on any atom is 0.115 e. The van der Waals surface area contributed by atoms with Crippen molar-refractivity contribution in [3.05, 3.63) is 48.5 Å². The number of aliphatic imine (C=N–C) groups is 1. The van der Waals surface area contributed by atoms with Gasteiger partial charge in [0.05, 0.1) is 0 Å². The molecule has 3 rings (SSSR count). The van der Waals surface area contributed by atoms with Crippen molar-refractivity contribution in [1.82, 2.24) is 4.90 Å². The molecule has 1 aromatic carbocycles. The Balaban J connectivity index is 0.000000853. The van der Waals surface area contributed by atoms with Gasteiger partial charge in [0.15, 0.2) is 0 Å². The second kappa shape index (κ2) is 3.80. The third-order valence-corrected chi connectivity index (χ3v) is 2.31. The molecule has 0 atom stereocenters. The molecule has 0 saturated carbocycles. The van der Waals surface area contributed by atoms with Crippen molar-refractivity contribution in [2.45, 2.75) is 0 Å². The Morgan fingerprint density at radius 3 is 3.20 bits per heavy atom. The molecule has 2 aliphatic rings. The van der Waals surface area contributed by atoms with Crippen LogP contribution in [0.3, 0.4) is 0 Å². The predicted octanol–water partition coefficient (Wildman–Crippen LogP) is 1.59. The van der Waals surface area contributed by atoms with Crippen molar-refractivity contribution in [2.24, 2.45) is 4.99 Å². The van der Waals surface area contributed by atoms with Crippen LogP contribution in [-0.4, -0.2) is 18.2 Å². The van der Waals surface area contributed by atoms with Gasteiger partial charge in [0, 0.05) is 26.3 Å². The Hall–Kier alpha value is -1.12. The molecule has 1 radical (unpaired) electrons. The molecule has 0 amide bonds. The molecule has 0 fully saturated rings. The smallest absolute Gasteiger partial charge is 0.115 e. The van der Waals surface area contributed by atoms with Gasteiger partial charge in [0.25, 0.3) is 0 Å². The van der Waals surface area contributed by atoms with Crippen LogP contribution in [0.25, 0.3) is 0 Å². The first kappa shape index (κ1) is 10.4. The molecule has 0 aromatic heterocycles. The maximum absolute atomic E-state index is 4.35. The van der Waals surface area contributed by atoms with E-state index in [1.54, 1.807) is 0 Å². The number of rotatable bonds is 0. The van der Waals surface area contributed by atoms with E-state index in [0.29, 0.717) is 0 Å². The first-order valence-corrected chi connectivity index (χ1v) is 4.47. The summed E-state index contributed by atoms with van der Waals surface area (Å²) in [6.07, 6.45) is 3.86. The molecule has 4 heteroatoms. The Morgan fingerprint density at radius 1 is 1.47 bits per heavy atom. The normalized spacial score (nSPS) is 16.7. The summed E-state index contributed by atoms with van der Waals surface area (Å²) in [5, 5.41) is 0. The third-order valence-electron chi connectivity index (χ3n) is 2.31. The molecule has 0 bridgehead atoms. The van der Waals surface area contributed by atoms with Gasteiger partial charge in [-0.05, 0) is 13.3 Å². The van der Waals surface area contributed by atoms with Crippen LogP contribution < -0.4 is 4.90 Å². The second-order valence-corrected chi connectivity index (χ2v) is 3.37. The van der Waals surface area contributed by atoms with E-state index in [2.05, 4.69) is 11.1 Å². The van der Waals surface area contributed by atoms with E-state index >= 15 is 0 Å². The van der Waals surface area contributed by atoms with E-state index in [0.717, 1.165) is 17.1 Å². The zero-order chi connectivity index (χ0) is 9.54. The molecule has 0 N–H and O–H groups in total. The van der Waals surface area contributed by atoms with Gasteiger partial charge in [0.1, 0.15) is 5.82 Å². The maximum atomic E-state index is 4.35. The number of para-hydroxylation sites is 1. The van der Waals surface area contributed by atoms with Gasteiger partial charge in [-0.15, -0.1) is 0 Å². The molecule has 3 nitrogen and oxygen atoms in total. The van der Waals surface area contributed by atoms with Crippen LogP contribution >= 0.6 is 0 Å². The number of hydrogen-bond donors (Lipinski definition) is 0. The quantitative estimate of drug-likeness (QED) is 0.642. The van der Waals surface area contributed by atoms with Gasteiger partial charge in [-0.2, -0.15) is 30.9 Å². The minimum atomic E-state index is 0. The third kappa shape index (κ3) is 1.60.